The Labute approximate surface area is 98.2 Å². The first-order chi connectivity index (χ1) is 7.53. The Kier molecular flexibility index (Phi) is 3.24. The second-order valence-corrected chi connectivity index (χ2v) is 6.21. The predicted molar refractivity (Wildman–Crippen MR) is 64.8 cm³/mol. The van der Waals surface area contributed by atoms with E-state index in [1.165, 1.54) is 0 Å². The largest absolute Gasteiger partial charge is 0.353 e. The van der Waals surface area contributed by atoms with E-state index < -0.39 is 0 Å². The number of hydrogen-bond acceptors (Lipinski definition) is 2. The lowest BCUT2D eigenvalue weighted by atomic mass is 9.81. The summed E-state index contributed by atoms with van der Waals surface area (Å²) in [6.45, 7) is 5.20. The van der Waals surface area contributed by atoms with Crippen LogP contribution in [0.3, 0.4) is 0 Å². The number of carbonyl (C=O) groups excluding carboxylic acids is 1. The van der Waals surface area contributed by atoms with Crippen LogP contribution in [0.25, 0.3) is 0 Å². The molecule has 16 heavy (non-hydrogen) atoms. The van der Waals surface area contributed by atoms with Gasteiger partial charge in [-0.05, 0) is 50.0 Å². The molecule has 3 nitrogen and oxygen atoms in total. The third kappa shape index (κ3) is 2.57. The number of hydrogen-bond donors (Lipinski definition) is 2. The molecular weight excluding hydrogens is 200 g/mol. The molecule has 3 heteroatoms. The lowest BCUT2D eigenvalue weighted by Crippen LogP contribution is -2.36. The Morgan fingerprint density at radius 3 is 2.31 bits per heavy atom. The number of amides is 1. The highest BCUT2D eigenvalue weighted by molar-refractivity contribution is 5.79. The van der Waals surface area contributed by atoms with Gasteiger partial charge in [-0.2, -0.15) is 0 Å². The number of rotatable bonds is 3. The molecule has 1 atom stereocenters. The maximum atomic E-state index is 12.0. The van der Waals surface area contributed by atoms with Crippen LogP contribution in [-0.2, 0) is 4.79 Å². The van der Waals surface area contributed by atoms with E-state index in [4.69, 9.17) is 5.73 Å². The van der Waals surface area contributed by atoms with E-state index >= 15 is 0 Å². The van der Waals surface area contributed by atoms with Gasteiger partial charge in [0.05, 0.1) is 0 Å². The Morgan fingerprint density at radius 1 is 1.31 bits per heavy atom. The minimum Gasteiger partial charge on any atom is -0.353 e. The molecule has 2 aliphatic rings. The molecule has 0 bridgehead atoms. The molecular formula is C13H24N2O. The maximum Gasteiger partial charge on any atom is 0.223 e. The van der Waals surface area contributed by atoms with Crippen molar-refractivity contribution in [1.82, 2.24) is 5.32 Å². The fourth-order valence-corrected chi connectivity index (χ4v) is 2.66. The minimum atomic E-state index is 0.249. The third-order valence-electron chi connectivity index (χ3n) is 4.38. The molecule has 0 aliphatic heterocycles. The zero-order chi connectivity index (χ0) is 11.8. The summed E-state index contributed by atoms with van der Waals surface area (Å²) < 4.78 is 0. The van der Waals surface area contributed by atoms with Gasteiger partial charge in [-0.15, -0.1) is 0 Å². The quantitative estimate of drug-likeness (QED) is 0.766. The van der Waals surface area contributed by atoms with Gasteiger partial charge in [-0.1, -0.05) is 13.8 Å². The zero-order valence-electron chi connectivity index (χ0n) is 10.5. The summed E-state index contributed by atoms with van der Waals surface area (Å²) in [7, 11) is 0. The van der Waals surface area contributed by atoms with Crippen LogP contribution < -0.4 is 11.1 Å². The van der Waals surface area contributed by atoms with Gasteiger partial charge in [0.1, 0.15) is 0 Å². The fourth-order valence-electron chi connectivity index (χ4n) is 2.66. The summed E-state index contributed by atoms with van der Waals surface area (Å²) >= 11 is 0. The molecule has 1 amide bonds. The molecule has 2 fully saturated rings. The summed E-state index contributed by atoms with van der Waals surface area (Å²) in [5, 5.41) is 3.18. The van der Waals surface area contributed by atoms with Crippen LogP contribution in [-0.4, -0.2) is 18.5 Å². The van der Waals surface area contributed by atoms with Crippen molar-refractivity contribution in [3.8, 4) is 0 Å². The number of nitrogens with one attached hydrogen (secondary N) is 1. The second kappa shape index (κ2) is 4.36. The SMILES string of the molecule is CC1(C)CC1NC(=O)C1CCC(CN)CC1. The van der Waals surface area contributed by atoms with Crippen LogP contribution in [0.1, 0.15) is 46.0 Å². The topological polar surface area (TPSA) is 55.1 Å². The van der Waals surface area contributed by atoms with E-state index in [1.807, 2.05) is 0 Å². The second-order valence-electron chi connectivity index (χ2n) is 6.21. The van der Waals surface area contributed by atoms with Gasteiger partial charge >= 0.3 is 0 Å². The average Bonchev–Trinajstić information content (AvgIpc) is 2.86. The number of nitrogens with two attached hydrogens (primary N) is 1. The minimum absolute atomic E-state index is 0.249. The molecule has 0 aromatic heterocycles. The molecule has 2 saturated carbocycles. The normalized spacial score (nSPS) is 36.8. The highest BCUT2D eigenvalue weighted by Gasteiger charge is 2.47. The molecule has 2 rings (SSSR count). The van der Waals surface area contributed by atoms with Crippen LogP contribution in [0, 0.1) is 17.3 Å². The highest BCUT2D eigenvalue weighted by atomic mass is 16.2. The first kappa shape index (κ1) is 11.9. The van der Waals surface area contributed by atoms with Crippen molar-refractivity contribution in [2.24, 2.45) is 23.0 Å². The smallest absolute Gasteiger partial charge is 0.223 e. The molecule has 0 heterocycles. The molecule has 1 unspecified atom stereocenters. The van der Waals surface area contributed by atoms with Crippen LogP contribution in [0.15, 0.2) is 0 Å². The Balaban J connectivity index is 1.75. The van der Waals surface area contributed by atoms with Gasteiger partial charge in [-0.25, -0.2) is 0 Å². The van der Waals surface area contributed by atoms with E-state index in [9.17, 15) is 4.79 Å². The third-order valence-corrected chi connectivity index (χ3v) is 4.38. The average molecular weight is 224 g/mol. The van der Waals surface area contributed by atoms with Gasteiger partial charge in [0.15, 0.2) is 0 Å². The molecule has 3 N–H and O–H groups in total. The van der Waals surface area contributed by atoms with Crippen LogP contribution >= 0.6 is 0 Å². The maximum absolute atomic E-state index is 12.0. The van der Waals surface area contributed by atoms with E-state index in [2.05, 4.69) is 19.2 Å². The lowest BCUT2D eigenvalue weighted by molar-refractivity contribution is -0.126. The zero-order valence-corrected chi connectivity index (χ0v) is 10.5. The molecule has 0 radical (unpaired) electrons. The van der Waals surface area contributed by atoms with E-state index in [-0.39, 0.29) is 11.8 Å². The van der Waals surface area contributed by atoms with Gasteiger partial charge < -0.3 is 11.1 Å². The van der Waals surface area contributed by atoms with Crippen LogP contribution in [0.2, 0.25) is 0 Å². The van der Waals surface area contributed by atoms with E-state index in [0.29, 0.717) is 17.4 Å². The standard InChI is InChI=1S/C13H24N2O/c1-13(2)7-11(13)15-12(16)10-5-3-9(8-14)4-6-10/h9-11H,3-8,14H2,1-2H3,(H,15,16). The van der Waals surface area contributed by atoms with Crippen molar-refractivity contribution in [3.05, 3.63) is 0 Å². The van der Waals surface area contributed by atoms with E-state index in [0.717, 1.165) is 38.6 Å². The van der Waals surface area contributed by atoms with Gasteiger partial charge in [0, 0.05) is 12.0 Å². The molecule has 2 aliphatic carbocycles. The molecule has 92 valence electrons. The van der Waals surface area contributed by atoms with Crippen molar-refractivity contribution in [3.63, 3.8) is 0 Å². The summed E-state index contributed by atoms with van der Waals surface area (Å²) in [5.74, 6) is 1.19. The van der Waals surface area contributed by atoms with E-state index in [1.54, 1.807) is 0 Å². The van der Waals surface area contributed by atoms with Gasteiger partial charge in [0.25, 0.3) is 0 Å². The fraction of sp³-hybridized carbons (Fsp3) is 0.923. The summed E-state index contributed by atoms with van der Waals surface area (Å²) in [4.78, 5) is 12.0. The van der Waals surface area contributed by atoms with Crippen molar-refractivity contribution in [2.75, 3.05) is 6.54 Å². The highest BCUT2D eigenvalue weighted by Crippen LogP contribution is 2.45. The summed E-state index contributed by atoms with van der Waals surface area (Å²) in [6, 6.07) is 0.423. The van der Waals surface area contributed by atoms with Crippen molar-refractivity contribution < 1.29 is 4.79 Å². The van der Waals surface area contributed by atoms with Gasteiger partial charge in [-0.3, -0.25) is 4.79 Å². The summed E-state index contributed by atoms with van der Waals surface area (Å²) in [6.07, 6.45) is 5.45. The first-order valence-electron chi connectivity index (χ1n) is 6.53. The summed E-state index contributed by atoms with van der Waals surface area (Å²) in [5.41, 5.74) is 5.99. The first-order valence-corrected chi connectivity index (χ1v) is 6.53. The van der Waals surface area contributed by atoms with Crippen LogP contribution in [0.4, 0.5) is 0 Å². The molecule has 0 spiro atoms. The predicted octanol–water partition coefficient (Wildman–Crippen LogP) is 1.67. The Bertz CT molecular complexity index is 267. The van der Waals surface area contributed by atoms with Crippen molar-refractivity contribution in [2.45, 2.75) is 52.0 Å². The lowest BCUT2D eigenvalue weighted by Gasteiger charge is -2.27. The van der Waals surface area contributed by atoms with Crippen LogP contribution in [0.5, 0.6) is 0 Å². The molecule has 0 saturated heterocycles. The molecule has 0 aromatic rings. The van der Waals surface area contributed by atoms with Gasteiger partial charge in [0.2, 0.25) is 5.91 Å². The Hall–Kier alpha value is -0.570. The van der Waals surface area contributed by atoms with Crippen molar-refractivity contribution in [1.29, 1.82) is 0 Å². The molecule has 0 aromatic carbocycles. The number of carbonyl (C=O) groups is 1. The monoisotopic (exact) mass is 224 g/mol. The van der Waals surface area contributed by atoms with Crippen molar-refractivity contribution >= 4 is 5.91 Å². The Morgan fingerprint density at radius 2 is 1.88 bits per heavy atom.